The van der Waals surface area contributed by atoms with Crippen LogP contribution in [0.15, 0.2) is 28.7 Å². The van der Waals surface area contributed by atoms with Crippen LogP contribution in [0.2, 0.25) is 0 Å². The summed E-state index contributed by atoms with van der Waals surface area (Å²) in [5, 5.41) is 0. The molecule has 1 aromatic rings. The van der Waals surface area contributed by atoms with Gasteiger partial charge in [-0.3, -0.25) is 0 Å². The van der Waals surface area contributed by atoms with Gasteiger partial charge in [-0.15, -0.1) is 0 Å². The maximum absolute atomic E-state index is 12.0. The van der Waals surface area contributed by atoms with E-state index in [-0.39, 0.29) is 6.09 Å². The van der Waals surface area contributed by atoms with E-state index in [0.29, 0.717) is 5.92 Å². The van der Waals surface area contributed by atoms with Crippen molar-refractivity contribution < 1.29 is 9.53 Å². The van der Waals surface area contributed by atoms with Gasteiger partial charge in [0.2, 0.25) is 0 Å². The molecule has 2 rings (SSSR count). The van der Waals surface area contributed by atoms with Crippen molar-refractivity contribution in [2.24, 2.45) is 5.92 Å². The quantitative estimate of drug-likeness (QED) is 0.806. The molecule has 0 N–H and O–H groups in total. The molecule has 110 valence electrons. The smallest absolute Gasteiger partial charge is 0.410 e. The predicted octanol–water partition coefficient (Wildman–Crippen LogP) is 4.25. The van der Waals surface area contributed by atoms with Gasteiger partial charge in [0.1, 0.15) is 5.60 Å². The zero-order chi connectivity index (χ0) is 14.8. The molecule has 0 saturated carbocycles. The number of carbonyl (C=O) groups is 1. The number of benzene rings is 1. The molecule has 0 aromatic heterocycles. The highest BCUT2D eigenvalue weighted by Crippen LogP contribution is 2.23. The third-order valence-electron chi connectivity index (χ3n) is 3.38. The Labute approximate surface area is 129 Å². The second-order valence-electron chi connectivity index (χ2n) is 6.41. The first kappa shape index (κ1) is 15.4. The van der Waals surface area contributed by atoms with E-state index in [1.165, 1.54) is 5.56 Å². The first-order valence-corrected chi connectivity index (χ1v) is 7.85. The summed E-state index contributed by atoms with van der Waals surface area (Å²) in [4.78, 5) is 13.8. The summed E-state index contributed by atoms with van der Waals surface area (Å²) in [5.41, 5.74) is 0.908. The number of amides is 1. The number of hydrogen-bond acceptors (Lipinski definition) is 2. The van der Waals surface area contributed by atoms with E-state index in [4.69, 9.17) is 4.74 Å². The van der Waals surface area contributed by atoms with E-state index < -0.39 is 5.60 Å². The lowest BCUT2D eigenvalue weighted by Crippen LogP contribution is -2.35. The third kappa shape index (κ3) is 4.51. The Kier molecular flexibility index (Phi) is 4.74. The normalized spacial score (nSPS) is 19.2. The number of nitrogens with zero attached hydrogens (tertiary/aromatic N) is 1. The van der Waals surface area contributed by atoms with Gasteiger partial charge < -0.3 is 9.64 Å². The van der Waals surface area contributed by atoms with Crippen molar-refractivity contribution >= 4 is 22.0 Å². The molecule has 1 saturated heterocycles. The molecule has 1 amide bonds. The minimum atomic E-state index is -0.416. The number of carbonyl (C=O) groups excluding carboxylic acids is 1. The van der Waals surface area contributed by atoms with Crippen molar-refractivity contribution in [2.75, 3.05) is 13.1 Å². The van der Waals surface area contributed by atoms with Crippen LogP contribution in [0.1, 0.15) is 32.8 Å². The van der Waals surface area contributed by atoms with E-state index in [1.807, 2.05) is 25.7 Å². The van der Waals surface area contributed by atoms with E-state index in [2.05, 4.69) is 40.2 Å². The lowest BCUT2D eigenvalue weighted by atomic mass is 9.99. The molecule has 1 fully saturated rings. The fourth-order valence-electron chi connectivity index (χ4n) is 2.45. The van der Waals surface area contributed by atoms with Crippen molar-refractivity contribution in [3.8, 4) is 0 Å². The van der Waals surface area contributed by atoms with Crippen LogP contribution in [0.3, 0.4) is 0 Å². The molecule has 1 atom stereocenters. The van der Waals surface area contributed by atoms with Crippen LogP contribution >= 0.6 is 15.9 Å². The Bertz CT molecular complexity index is 464. The first-order chi connectivity index (χ1) is 9.33. The maximum atomic E-state index is 12.0. The zero-order valence-electron chi connectivity index (χ0n) is 12.4. The van der Waals surface area contributed by atoms with Crippen molar-refractivity contribution in [3.63, 3.8) is 0 Å². The molecule has 1 aromatic carbocycles. The highest BCUT2D eigenvalue weighted by molar-refractivity contribution is 9.10. The Balaban J connectivity index is 1.86. The molecule has 0 aliphatic carbocycles. The van der Waals surface area contributed by atoms with Gasteiger partial charge in [0.25, 0.3) is 0 Å². The van der Waals surface area contributed by atoms with Crippen LogP contribution in [-0.4, -0.2) is 29.7 Å². The molecule has 20 heavy (non-hydrogen) atoms. The average Bonchev–Trinajstić information content (AvgIpc) is 2.79. The number of halogens is 1. The molecule has 0 bridgehead atoms. The highest BCUT2D eigenvalue weighted by atomic mass is 79.9. The third-order valence-corrected chi connectivity index (χ3v) is 3.90. The summed E-state index contributed by atoms with van der Waals surface area (Å²) < 4.78 is 6.52. The standard InChI is InChI=1S/C16H22BrNO2/c1-16(2,3)20-15(19)18-9-8-13(11-18)10-12-4-6-14(17)7-5-12/h4-7,13H,8-11H2,1-3H3. The van der Waals surface area contributed by atoms with E-state index in [9.17, 15) is 4.79 Å². The molecule has 4 heteroatoms. The number of ether oxygens (including phenoxy) is 1. The van der Waals surface area contributed by atoms with Gasteiger partial charge in [-0.05, 0) is 57.2 Å². The van der Waals surface area contributed by atoms with Crippen LogP contribution in [-0.2, 0) is 11.2 Å². The van der Waals surface area contributed by atoms with Gasteiger partial charge in [-0.25, -0.2) is 4.79 Å². The molecular weight excluding hydrogens is 318 g/mol. The number of hydrogen-bond donors (Lipinski definition) is 0. The minimum absolute atomic E-state index is 0.184. The Hall–Kier alpha value is -1.03. The minimum Gasteiger partial charge on any atom is -0.444 e. The molecule has 3 nitrogen and oxygen atoms in total. The largest absolute Gasteiger partial charge is 0.444 e. The van der Waals surface area contributed by atoms with Crippen LogP contribution < -0.4 is 0 Å². The lowest BCUT2D eigenvalue weighted by molar-refractivity contribution is 0.0288. The summed E-state index contributed by atoms with van der Waals surface area (Å²) in [6.07, 6.45) is 1.89. The molecule has 0 radical (unpaired) electrons. The topological polar surface area (TPSA) is 29.5 Å². The Morgan fingerprint density at radius 2 is 2.00 bits per heavy atom. The van der Waals surface area contributed by atoms with Crippen molar-refractivity contribution in [3.05, 3.63) is 34.3 Å². The summed E-state index contributed by atoms with van der Waals surface area (Å²) in [7, 11) is 0. The van der Waals surface area contributed by atoms with Crippen LogP contribution in [0.25, 0.3) is 0 Å². The van der Waals surface area contributed by atoms with Crippen molar-refractivity contribution in [2.45, 2.75) is 39.2 Å². The molecule has 1 heterocycles. The van der Waals surface area contributed by atoms with Crippen molar-refractivity contribution in [1.29, 1.82) is 0 Å². The fourth-order valence-corrected chi connectivity index (χ4v) is 2.71. The second kappa shape index (κ2) is 6.17. The highest BCUT2D eigenvalue weighted by Gasteiger charge is 2.29. The SMILES string of the molecule is CC(C)(C)OC(=O)N1CCC(Cc2ccc(Br)cc2)C1. The summed E-state index contributed by atoms with van der Waals surface area (Å²) in [6, 6.07) is 8.41. The number of likely N-dealkylation sites (tertiary alicyclic amines) is 1. The van der Waals surface area contributed by atoms with Crippen molar-refractivity contribution in [1.82, 2.24) is 4.90 Å². The monoisotopic (exact) mass is 339 g/mol. The van der Waals surface area contributed by atoms with E-state index in [1.54, 1.807) is 0 Å². The van der Waals surface area contributed by atoms with Gasteiger partial charge in [-0.1, -0.05) is 28.1 Å². The average molecular weight is 340 g/mol. The van der Waals surface area contributed by atoms with Gasteiger partial charge in [-0.2, -0.15) is 0 Å². The molecule has 1 aliphatic rings. The molecular formula is C16H22BrNO2. The van der Waals surface area contributed by atoms with Crippen LogP contribution in [0.4, 0.5) is 4.79 Å². The zero-order valence-corrected chi connectivity index (χ0v) is 13.9. The summed E-state index contributed by atoms with van der Waals surface area (Å²) in [5.74, 6) is 0.531. The number of rotatable bonds is 2. The Morgan fingerprint density at radius 1 is 1.35 bits per heavy atom. The molecule has 1 unspecified atom stereocenters. The second-order valence-corrected chi connectivity index (χ2v) is 7.33. The van der Waals surface area contributed by atoms with Gasteiger partial charge in [0.15, 0.2) is 0 Å². The Morgan fingerprint density at radius 3 is 2.60 bits per heavy atom. The van der Waals surface area contributed by atoms with Crippen LogP contribution in [0.5, 0.6) is 0 Å². The van der Waals surface area contributed by atoms with Gasteiger partial charge in [0.05, 0.1) is 0 Å². The summed E-state index contributed by atoms with van der Waals surface area (Å²) >= 11 is 3.45. The van der Waals surface area contributed by atoms with Crippen LogP contribution in [0, 0.1) is 5.92 Å². The van der Waals surface area contributed by atoms with E-state index >= 15 is 0 Å². The van der Waals surface area contributed by atoms with Gasteiger partial charge >= 0.3 is 6.09 Å². The predicted molar refractivity (Wildman–Crippen MR) is 83.8 cm³/mol. The lowest BCUT2D eigenvalue weighted by Gasteiger charge is -2.24. The fraction of sp³-hybridized carbons (Fsp3) is 0.562. The molecule has 1 aliphatic heterocycles. The summed E-state index contributed by atoms with van der Waals surface area (Å²) in [6.45, 7) is 7.31. The van der Waals surface area contributed by atoms with E-state index in [0.717, 1.165) is 30.4 Å². The maximum Gasteiger partial charge on any atom is 0.410 e. The molecule has 0 spiro atoms. The first-order valence-electron chi connectivity index (χ1n) is 7.06. The van der Waals surface area contributed by atoms with Gasteiger partial charge in [0, 0.05) is 17.6 Å².